The number of amides is 1. The molecular weight excluding hydrogens is 256 g/mol. The van der Waals surface area contributed by atoms with E-state index in [1.54, 1.807) is 13.8 Å². The predicted octanol–water partition coefficient (Wildman–Crippen LogP) is 2.30. The molecule has 0 spiro atoms. The van der Waals surface area contributed by atoms with E-state index in [2.05, 4.69) is 10.3 Å². The third-order valence-corrected chi connectivity index (χ3v) is 3.23. The molecule has 2 aromatic heterocycles. The maximum atomic E-state index is 11.8. The van der Waals surface area contributed by atoms with Gasteiger partial charge >= 0.3 is 5.97 Å². The molecule has 0 saturated heterocycles. The number of aromatic carboxylic acids is 1. The van der Waals surface area contributed by atoms with Gasteiger partial charge in [0.15, 0.2) is 6.39 Å². The lowest BCUT2D eigenvalue weighted by Gasteiger charge is -2.01. The minimum Gasteiger partial charge on any atom is -0.478 e. The molecule has 0 aliphatic rings. The highest BCUT2D eigenvalue weighted by atomic mass is 32.1. The highest BCUT2D eigenvalue weighted by Gasteiger charge is 2.19. The molecule has 0 atom stereocenters. The van der Waals surface area contributed by atoms with Crippen LogP contribution in [0.1, 0.15) is 31.5 Å². The third-order valence-electron chi connectivity index (χ3n) is 2.26. The van der Waals surface area contributed by atoms with Crippen molar-refractivity contribution in [2.24, 2.45) is 0 Å². The summed E-state index contributed by atoms with van der Waals surface area (Å²) in [6.07, 6.45) is 1.17. The molecule has 0 bridgehead atoms. The number of nitrogens with zero attached hydrogens (tertiary/aromatic N) is 1. The van der Waals surface area contributed by atoms with Crippen LogP contribution in [0.15, 0.2) is 16.9 Å². The monoisotopic (exact) mass is 266 g/mol. The summed E-state index contributed by atoms with van der Waals surface area (Å²) >= 11 is 1.20. The van der Waals surface area contributed by atoms with Crippen LogP contribution in [-0.2, 0) is 0 Å². The van der Waals surface area contributed by atoms with Gasteiger partial charge in [-0.2, -0.15) is 0 Å². The fraction of sp³-hybridized carbons (Fsp3) is 0.182. The average Bonchev–Trinajstić information content (AvgIpc) is 2.84. The first-order valence-corrected chi connectivity index (χ1v) is 5.86. The summed E-state index contributed by atoms with van der Waals surface area (Å²) in [7, 11) is 0. The Morgan fingerprint density at radius 1 is 1.44 bits per heavy atom. The zero-order chi connectivity index (χ0) is 13.3. The van der Waals surface area contributed by atoms with Crippen molar-refractivity contribution in [3.05, 3.63) is 34.4 Å². The van der Waals surface area contributed by atoms with Crippen LogP contribution in [0.4, 0.5) is 5.00 Å². The Kier molecular flexibility index (Phi) is 3.15. The lowest BCUT2D eigenvalue weighted by Crippen LogP contribution is -2.13. The Labute approximate surface area is 106 Å². The van der Waals surface area contributed by atoms with E-state index in [-0.39, 0.29) is 11.3 Å². The van der Waals surface area contributed by atoms with Crippen LogP contribution in [0.2, 0.25) is 0 Å². The van der Waals surface area contributed by atoms with E-state index in [1.807, 2.05) is 0 Å². The molecule has 0 aromatic carbocycles. The Morgan fingerprint density at radius 2 is 2.17 bits per heavy atom. The minimum absolute atomic E-state index is 0.0722. The fourth-order valence-corrected chi connectivity index (χ4v) is 2.34. The molecule has 7 heteroatoms. The van der Waals surface area contributed by atoms with Gasteiger partial charge in [0.1, 0.15) is 5.00 Å². The molecule has 0 saturated carbocycles. The lowest BCUT2D eigenvalue weighted by atomic mass is 10.3. The Balaban J connectivity index is 2.27. The first kappa shape index (κ1) is 12.3. The van der Waals surface area contributed by atoms with Gasteiger partial charge in [-0.25, -0.2) is 9.78 Å². The van der Waals surface area contributed by atoms with Crippen molar-refractivity contribution >= 4 is 28.2 Å². The van der Waals surface area contributed by atoms with Crippen molar-refractivity contribution in [3.63, 3.8) is 0 Å². The van der Waals surface area contributed by atoms with E-state index in [4.69, 9.17) is 9.52 Å². The molecule has 0 aliphatic heterocycles. The number of rotatable bonds is 3. The number of carbonyl (C=O) groups excluding carboxylic acids is 1. The van der Waals surface area contributed by atoms with Gasteiger partial charge < -0.3 is 14.8 Å². The molecule has 0 fully saturated rings. The molecular formula is C11H10N2O4S. The maximum absolute atomic E-state index is 11.8. The summed E-state index contributed by atoms with van der Waals surface area (Å²) in [5.74, 6) is -1.50. The molecule has 2 N–H and O–H groups in total. The van der Waals surface area contributed by atoms with Gasteiger partial charge in [-0.1, -0.05) is 0 Å². The molecule has 2 aromatic rings. The highest BCUT2D eigenvalue weighted by Crippen LogP contribution is 2.28. The molecule has 0 radical (unpaired) electrons. The topological polar surface area (TPSA) is 92.4 Å². The molecule has 94 valence electrons. The number of hydrogen-bond donors (Lipinski definition) is 2. The lowest BCUT2D eigenvalue weighted by molar-refractivity contribution is 0.0698. The van der Waals surface area contributed by atoms with E-state index >= 15 is 0 Å². The largest absolute Gasteiger partial charge is 0.478 e. The fourth-order valence-electron chi connectivity index (χ4n) is 1.45. The van der Waals surface area contributed by atoms with Gasteiger partial charge in [-0.15, -0.1) is 11.3 Å². The highest BCUT2D eigenvalue weighted by molar-refractivity contribution is 7.16. The van der Waals surface area contributed by atoms with Crippen molar-refractivity contribution in [1.29, 1.82) is 0 Å². The first-order valence-electron chi connectivity index (χ1n) is 5.04. The van der Waals surface area contributed by atoms with Gasteiger partial charge in [-0.3, -0.25) is 4.79 Å². The zero-order valence-electron chi connectivity index (χ0n) is 9.68. The van der Waals surface area contributed by atoms with Crippen LogP contribution in [0.3, 0.4) is 0 Å². The number of carboxylic acid groups (broad SMARTS) is 1. The first-order chi connectivity index (χ1) is 8.49. The Hall–Kier alpha value is -2.15. The van der Waals surface area contributed by atoms with Crippen molar-refractivity contribution in [3.8, 4) is 0 Å². The summed E-state index contributed by atoms with van der Waals surface area (Å²) in [4.78, 5) is 27.4. The number of aromatic nitrogens is 1. The SMILES string of the molecule is Cc1cc(C(=O)O)c(NC(=O)c2ocnc2C)s1. The molecule has 2 rings (SSSR count). The minimum atomic E-state index is -1.08. The number of anilines is 1. The second-order valence-electron chi connectivity index (χ2n) is 3.63. The van der Waals surface area contributed by atoms with Gasteiger partial charge in [0.2, 0.25) is 5.76 Å². The van der Waals surface area contributed by atoms with Crippen LogP contribution in [0.25, 0.3) is 0 Å². The zero-order valence-corrected chi connectivity index (χ0v) is 10.5. The van der Waals surface area contributed by atoms with Crippen LogP contribution >= 0.6 is 11.3 Å². The van der Waals surface area contributed by atoms with Crippen LogP contribution in [0, 0.1) is 13.8 Å². The van der Waals surface area contributed by atoms with Gasteiger partial charge in [0, 0.05) is 4.88 Å². The third kappa shape index (κ3) is 2.25. The van der Waals surface area contributed by atoms with Crippen LogP contribution in [-0.4, -0.2) is 22.0 Å². The van der Waals surface area contributed by atoms with E-state index in [0.29, 0.717) is 10.7 Å². The number of nitrogens with one attached hydrogen (secondary N) is 1. The predicted molar refractivity (Wildman–Crippen MR) is 65.2 cm³/mol. The van der Waals surface area contributed by atoms with Gasteiger partial charge in [0.25, 0.3) is 5.91 Å². The molecule has 0 aliphatic carbocycles. The summed E-state index contributed by atoms with van der Waals surface area (Å²) < 4.78 is 4.94. The van der Waals surface area contributed by atoms with Crippen LogP contribution < -0.4 is 5.32 Å². The van der Waals surface area contributed by atoms with Crippen molar-refractivity contribution < 1.29 is 19.1 Å². The number of oxazole rings is 1. The second-order valence-corrected chi connectivity index (χ2v) is 4.88. The Bertz CT molecular complexity index is 614. The standard InChI is InChI=1S/C11H10N2O4S/c1-5-3-7(11(15)16)10(18-5)13-9(14)8-6(2)12-4-17-8/h3-4H,1-2H3,(H,13,14)(H,15,16). The summed E-state index contributed by atoms with van der Waals surface area (Å²) in [6, 6.07) is 1.51. The number of carbonyl (C=O) groups is 2. The second kappa shape index (κ2) is 4.61. The summed E-state index contributed by atoms with van der Waals surface area (Å²) in [5.41, 5.74) is 0.528. The number of hydrogen-bond acceptors (Lipinski definition) is 5. The van der Waals surface area contributed by atoms with E-state index in [1.165, 1.54) is 23.8 Å². The van der Waals surface area contributed by atoms with Gasteiger partial charge in [0.05, 0.1) is 11.3 Å². The van der Waals surface area contributed by atoms with Crippen molar-refractivity contribution in [2.75, 3.05) is 5.32 Å². The average molecular weight is 266 g/mol. The van der Waals surface area contributed by atoms with E-state index in [9.17, 15) is 9.59 Å². The maximum Gasteiger partial charge on any atom is 0.338 e. The Morgan fingerprint density at radius 3 is 2.72 bits per heavy atom. The molecule has 1 amide bonds. The molecule has 0 unspecified atom stereocenters. The normalized spacial score (nSPS) is 10.3. The summed E-state index contributed by atoms with van der Waals surface area (Å²) in [6.45, 7) is 3.41. The van der Waals surface area contributed by atoms with Gasteiger partial charge in [-0.05, 0) is 19.9 Å². The molecule has 6 nitrogen and oxygen atoms in total. The van der Waals surface area contributed by atoms with Crippen molar-refractivity contribution in [1.82, 2.24) is 4.98 Å². The molecule has 18 heavy (non-hydrogen) atoms. The molecule has 2 heterocycles. The quantitative estimate of drug-likeness (QED) is 0.889. The number of thiophene rings is 1. The van der Waals surface area contributed by atoms with Crippen LogP contribution in [0.5, 0.6) is 0 Å². The summed E-state index contributed by atoms with van der Waals surface area (Å²) in [5, 5.41) is 11.8. The van der Waals surface area contributed by atoms with Crippen molar-refractivity contribution in [2.45, 2.75) is 13.8 Å². The van der Waals surface area contributed by atoms with E-state index in [0.717, 1.165) is 4.88 Å². The smallest absolute Gasteiger partial charge is 0.338 e. The number of aryl methyl sites for hydroxylation is 2. The van der Waals surface area contributed by atoms with E-state index < -0.39 is 11.9 Å². The number of carboxylic acids is 1.